The first kappa shape index (κ1) is 13.2. The largest absolute Gasteiger partial charge is 0.396 e. The van der Waals surface area contributed by atoms with Crippen molar-refractivity contribution in [2.24, 2.45) is 0 Å². The smallest absolute Gasteiger partial charge is 0.0499 e. The normalized spacial score (nSPS) is 11.5. The van der Waals surface area contributed by atoms with Crippen molar-refractivity contribution in [3.63, 3.8) is 0 Å². The van der Waals surface area contributed by atoms with Gasteiger partial charge in [-0.05, 0) is 18.9 Å². The van der Waals surface area contributed by atoms with Gasteiger partial charge in [-0.2, -0.15) is 0 Å². The molecule has 1 unspecified atom stereocenters. The van der Waals surface area contributed by atoms with Crippen LogP contribution in [0.5, 0.6) is 0 Å². The Kier molecular flexibility index (Phi) is 7.13. The van der Waals surface area contributed by atoms with E-state index in [9.17, 15) is 0 Å². The van der Waals surface area contributed by atoms with Gasteiger partial charge in [-0.1, -0.05) is 50.6 Å². The lowest BCUT2D eigenvalue weighted by atomic mass is 9.96. The average molecular weight is 194 g/mol. The monoisotopic (exact) mass is 194 g/mol. The Bertz CT molecular complexity index is 239. The van der Waals surface area contributed by atoms with E-state index < -0.39 is 0 Å². The molecule has 0 aliphatic heterocycles. The van der Waals surface area contributed by atoms with Gasteiger partial charge in [0.1, 0.15) is 0 Å². The maximum absolute atomic E-state index is 9.07. The van der Waals surface area contributed by atoms with Crippen LogP contribution >= 0.6 is 0 Å². The highest BCUT2D eigenvalue weighted by Gasteiger charge is 2.06. The van der Waals surface area contributed by atoms with Gasteiger partial charge in [-0.3, -0.25) is 0 Å². The van der Waals surface area contributed by atoms with Crippen molar-refractivity contribution in [3.05, 3.63) is 35.4 Å². The second-order valence-corrected chi connectivity index (χ2v) is 3.20. The first-order valence-corrected chi connectivity index (χ1v) is 5.45. The first-order chi connectivity index (χ1) is 6.77. The molecule has 0 saturated heterocycles. The van der Waals surface area contributed by atoms with Crippen LogP contribution in [-0.2, 0) is 0 Å². The minimum Gasteiger partial charge on any atom is -0.396 e. The summed E-state index contributed by atoms with van der Waals surface area (Å²) in [5.41, 5.74) is 2.51. The van der Waals surface area contributed by atoms with Crippen LogP contribution in [0.15, 0.2) is 24.3 Å². The molecule has 80 valence electrons. The van der Waals surface area contributed by atoms with Crippen LogP contribution in [0.2, 0.25) is 0 Å². The molecule has 0 radical (unpaired) electrons. The minimum atomic E-state index is 0.250. The minimum absolute atomic E-state index is 0.250. The van der Waals surface area contributed by atoms with E-state index in [2.05, 4.69) is 32.0 Å². The average Bonchev–Trinajstić information content (AvgIpc) is 2.23. The number of aliphatic hydroxyl groups excluding tert-OH is 1. The van der Waals surface area contributed by atoms with E-state index in [4.69, 9.17) is 5.11 Å². The first-order valence-electron chi connectivity index (χ1n) is 5.45. The van der Waals surface area contributed by atoms with E-state index >= 15 is 0 Å². The molecule has 1 aromatic carbocycles. The number of hydrogen-bond acceptors (Lipinski definition) is 1. The maximum atomic E-state index is 9.07. The van der Waals surface area contributed by atoms with Gasteiger partial charge >= 0.3 is 0 Å². The third kappa shape index (κ3) is 3.93. The molecule has 0 fully saturated rings. The van der Waals surface area contributed by atoms with Gasteiger partial charge in [-0.15, -0.1) is 0 Å². The third-order valence-electron chi connectivity index (χ3n) is 2.23. The summed E-state index contributed by atoms with van der Waals surface area (Å²) in [4.78, 5) is 0. The summed E-state index contributed by atoms with van der Waals surface area (Å²) in [7, 11) is 0. The molecule has 1 rings (SSSR count). The summed E-state index contributed by atoms with van der Waals surface area (Å²) in [6, 6.07) is 8.35. The highest BCUT2D eigenvalue weighted by atomic mass is 16.3. The van der Waals surface area contributed by atoms with Crippen LogP contribution in [0.1, 0.15) is 44.2 Å². The van der Waals surface area contributed by atoms with E-state index in [1.54, 1.807) is 0 Å². The molecule has 0 aliphatic rings. The molecule has 0 saturated carbocycles. The quantitative estimate of drug-likeness (QED) is 0.780. The Morgan fingerprint density at radius 2 is 1.93 bits per heavy atom. The van der Waals surface area contributed by atoms with Crippen molar-refractivity contribution in [1.29, 1.82) is 0 Å². The lowest BCUT2D eigenvalue weighted by Crippen LogP contribution is -2.02. The second kappa shape index (κ2) is 7.57. The molecule has 0 bridgehead atoms. The summed E-state index contributed by atoms with van der Waals surface area (Å²) in [6.07, 6.45) is 1.000. The molecule has 0 spiro atoms. The van der Waals surface area contributed by atoms with Crippen LogP contribution in [0.4, 0.5) is 0 Å². The Morgan fingerprint density at radius 3 is 2.36 bits per heavy atom. The van der Waals surface area contributed by atoms with E-state index in [0.717, 1.165) is 6.42 Å². The molecule has 14 heavy (non-hydrogen) atoms. The maximum Gasteiger partial charge on any atom is 0.0499 e. The highest BCUT2D eigenvalue weighted by molar-refractivity contribution is 5.25. The Morgan fingerprint density at radius 1 is 1.29 bits per heavy atom. The van der Waals surface area contributed by atoms with Crippen LogP contribution in [0.3, 0.4) is 0 Å². The number of aryl methyl sites for hydroxylation is 1. The molecule has 1 aromatic rings. The summed E-state index contributed by atoms with van der Waals surface area (Å²) < 4.78 is 0. The molecular weight excluding hydrogens is 172 g/mol. The van der Waals surface area contributed by atoms with Crippen LogP contribution < -0.4 is 0 Å². The third-order valence-corrected chi connectivity index (χ3v) is 2.23. The Hall–Kier alpha value is -0.820. The topological polar surface area (TPSA) is 20.2 Å². The lowest BCUT2D eigenvalue weighted by Gasteiger charge is -2.11. The van der Waals surface area contributed by atoms with Crippen molar-refractivity contribution >= 4 is 0 Å². The zero-order chi connectivity index (χ0) is 11.0. The van der Waals surface area contributed by atoms with Gasteiger partial charge in [-0.25, -0.2) is 0 Å². The zero-order valence-electron chi connectivity index (χ0n) is 9.75. The molecule has 1 N–H and O–H groups in total. The molecule has 0 aromatic heterocycles. The van der Waals surface area contributed by atoms with Gasteiger partial charge < -0.3 is 5.11 Å². The summed E-state index contributed by atoms with van der Waals surface area (Å²) in [5.74, 6) is 0.310. The van der Waals surface area contributed by atoms with Crippen molar-refractivity contribution in [2.45, 2.75) is 40.0 Å². The molecule has 0 heterocycles. The standard InChI is InChI=1S/C11H16O.C2H6/c1-3-10(8-12)11-6-4-5-9(2)7-11;1-2/h4-7,10,12H,3,8H2,1-2H3;1-2H3. The molecule has 1 heteroatoms. The molecule has 1 nitrogen and oxygen atoms in total. The van der Waals surface area contributed by atoms with E-state index in [1.165, 1.54) is 11.1 Å². The van der Waals surface area contributed by atoms with Gasteiger partial charge in [0.2, 0.25) is 0 Å². The second-order valence-electron chi connectivity index (χ2n) is 3.20. The summed E-state index contributed by atoms with van der Waals surface area (Å²) >= 11 is 0. The van der Waals surface area contributed by atoms with Crippen LogP contribution in [0, 0.1) is 6.92 Å². The number of aliphatic hydroxyl groups is 1. The predicted octanol–water partition coefficient (Wildman–Crippen LogP) is 3.51. The predicted molar refractivity (Wildman–Crippen MR) is 62.6 cm³/mol. The van der Waals surface area contributed by atoms with E-state index in [0.29, 0.717) is 5.92 Å². The number of hydrogen-bond donors (Lipinski definition) is 1. The van der Waals surface area contributed by atoms with E-state index in [1.807, 2.05) is 19.9 Å². The van der Waals surface area contributed by atoms with Crippen molar-refractivity contribution < 1.29 is 5.11 Å². The molecule has 0 amide bonds. The van der Waals surface area contributed by atoms with Gasteiger partial charge in [0.05, 0.1) is 0 Å². The van der Waals surface area contributed by atoms with Crippen molar-refractivity contribution in [2.75, 3.05) is 6.61 Å². The fourth-order valence-corrected chi connectivity index (χ4v) is 1.39. The lowest BCUT2D eigenvalue weighted by molar-refractivity contribution is 0.262. The summed E-state index contributed by atoms with van der Waals surface area (Å²) in [6.45, 7) is 8.43. The Labute approximate surface area is 87.8 Å². The SMILES string of the molecule is CC.CCC(CO)c1cccc(C)c1. The molecular formula is C13H22O. The summed E-state index contributed by atoms with van der Waals surface area (Å²) in [5, 5.41) is 9.07. The number of rotatable bonds is 3. The van der Waals surface area contributed by atoms with Crippen LogP contribution in [-0.4, -0.2) is 11.7 Å². The van der Waals surface area contributed by atoms with Crippen molar-refractivity contribution in [1.82, 2.24) is 0 Å². The number of benzene rings is 1. The van der Waals surface area contributed by atoms with Gasteiger partial charge in [0, 0.05) is 12.5 Å². The fourth-order valence-electron chi connectivity index (χ4n) is 1.39. The zero-order valence-corrected chi connectivity index (χ0v) is 9.75. The van der Waals surface area contributed by atoms with E-state index in [-0.39, 0.29) is 6.61 Å². The van der Waals surface area contributed by atoms with Gasteiger partial charge in [0.15, 0.2) is 0 Å². The van der Waals surface area contributed by atoms with Crippen molar-refractivity contribution in [3.8, 4) is 0 Å². The van der Waals surface area contributed by atoms with Crippen LogP contribution in [0.25, 0.3) is 0 Å². The molecule has 1 atom stereocenters. The van der Waals surface area contributed by atoms with Gasteiger partial charge in [0.25, 0.3) is 0 Å². The Balaban J connectivity index is 0.000000791. The fraction of sp³-hybridized carbons (Fsp3) is 0.538. The molecule has 0 aliphatic carbocycles. The highest BCUT2D eigenvalue weighted by Crippen LogP contribution is 2.19.